The lowest BCUT2D eigenvalue weighted by molar-refractivity contribution is 0.0619. The molecule has 0 aliphatic carbocycles. The minimum absolute atomic E-state index is 0.0133. The van der Waals surface area contributed by atoms with E-state index in [4.69, 9.17) is 0 Å². The molecule has 0 spiro atoms. The lowest BCUT2D eigenvalue weighted by atomic mass is 9.84. The van der Waals surface area contributed by atoms with Crippen molar-refractivity contribution in [3.63, 3.8) is 0 Å². The van der Waals surface area contributed by atoms with E-state index in [0.717, 1.165) is 29.7 Å². The molecular weight excluding hydrogens is 332 g/mol. The Bertz CT molecular complexity index is 762. The second-order valence-corrected chi connectivity index (χ2v) is 7.91. The summed E-state index contributed by atoms with van der Waals surface area (Å²) in [6.07, 6.45) is 2.41. The van der Waals surface area contributed by atoms with E-state index in [0.29, 0.717) is 11.6 Å². The molecule has 3 fully saturated rings. The van der Waals surface area contributed by atoms with Gasteiger partial charge in [-0.2, -0.15) is 4.37 Å². The molecule has 0 radical (unpaired) electrons. The molecule has 0 saturated carbocycles. The van der Waals surface area contributed by atoms with Crippen LogP contribution in [0.15, 0.2) is 18.2 Å². The summed E-state index contributed by atoms with van der Waals surface area (Å²) in [6.45, 7) is 9.64. The van der Waals surface area contributed by atoms with E-state index in [1.165, 1.54) is 43.2 Å². The highest BCUT2D eigenvalue weighted by Gasteiger charge is 2.35. The molecule has 1 aromatic carbocycles. The number of anilines is 1. The number of fused-ring (bicyclic) bond motifs is 4. The molecule has 1 N–H and O–H groups in total. The van der Waals surface area contributed by atoms with Crippen LogP contribution < -0.4 is 10.2 Å². The van der Waals surface area contributed by atoms with Crippen LogP contribution in [0, 0.1) is 5.92 Å². The maximum absolute atomic E-state index is 12.8. The molecule has 1 amide bonds. The van der Waals surface area contributed by atoms with Gasteiger partial charge in [0.1, 0.15) is 5.69 Å². The van der Waals surface area contributed by atoms with Gasteiger partial charge >= 0.3 is 0 Å². The minimum Gasteiger partial charge on any atom is -0.372 e. The van der Waals surface area contributed by atoms with E-state index in [9.17, 15) is 4.79 Å². The Morgan fingerprint density at radius 2 is 2.08 bits per heavy atom. The van der Waals surface area contributed by atoms with E-state index >= 15 is 0 Å². The van der Waals surface area contributed by atoms with Gasteiger partial charge in [-0.3, -0.25) is 4.79 Å². The summed E-state index contributed by atoms with van der Waals surface area (Å²) in [5, 5.41) is 4.23. The second kappa shape index (κ2) is 6.92. The third kappa shape index (κ3) is 3.13. The first kappa shape index (κ1) is 16.8. The molecule has 5 nitrogen and oxygen atoms in total. The molecule has 134 valence electrons. The van der Waals surface area contributed by atoms with Crippen molar-refractivity contribution in [1.29, 1.82) is 0 Å². The van der Waals surface area contributed by atoms with E-state index < -0.39 is 0 Å². The topological polar surface area (TPSA) is 48.5 Å². The summed E-state index contributed by atoms with van der Waals surface area (Å²) in [7, 11) is 0. The first-order valence-corrected chi connectivity index (χ1v) is 10.1. The van der Waals surface area contributed by atoms with Gasteiger partial charge in [-0.05, 0) is 75.4 Å². The van der Waals surface area contributed by atoms with E-state index in [1.807, 2.05) is 0 Å². The Kier molecular flexibility index (Phi) is 4.65. The summed E-state index contributed by atoms with van der Waals surface area (Å²) < 4.78 is 5.56. The molecule has 1 aromatic heterocycles. The number of rotatable bonds is 5. The molecule has 4 heterocycles. The number of nitrogens with zero attached hydrogens (tertiary/aromatic N) is 3. The maximum atomic E-state index is 12.8. The van der Waals surface area contributed by atoms with E-state index in [2.05, 4.69) is 51.5 Å². The van der Waals surface area contributed by atoms with Crippen molar-refractivity contribution in [3.05, 3.63) is 23.9 Å². The third-order valence-corrected chi connectivity index (χ3v) is 6.58. The lowest BCUT2D eigenvalue weighted by Gasteiger charge is -2.44. The number of carbonyl (C=O) groups is 1. The smallest absolute Gasteiger partial charge is 0.271 e. The van der Waals surface area contributed by atoms with Gasteiger partial charge in [0.25, 0.3) is 5.91 Å². The molecule has 1 atom stereocenters. The average molecular weight is 359 g/mol. The Morgan fingerprint density at radius 1 is 1.32 bits per heavy atom. The summed E-state index contributed by atoms with van der Waals surface area (Å²) in [5.74, 6) is 0.619. The quantitative estimate of drug-likeness (QED) is 0.893. The molecule has 25 heavy (non-hydrogen) atoms. The Labute approximate surface area is 153 Å². The van der Waals surface area contributed by atoms with Gasteiger partial charge < -0.3 is 15.1 Å². The van der Waals surface area contributed by atoms with Crippen molar-refractivity contribution in [2.24, 2.45) is 5.92 Å². The van der Waals surface area contributed by atoms with Gasteiger partial charge in [0, 0.05) is 36.7 Å². The third-order valence-electron chi connectivity index (χ3n) is 5.77. The fourth-order valence-corrected chi connectivity index (χ4v) is 5.05. The lowest BCUT2D eigenvalue weighted by Crippen LogP contribution is -2.57. The number of nitrogens with one attached hydrogen (secondary N) is 1. The van der Waals surface area contributed by atoms with Crippen molar-refractivity contribution in [3.8, 4) is 0 Å². The van der Waals surface area contributed by atoms with Crippen LogP contribution in [0.3, 0.4) is 0 Å². The predicted molar refractivity (Wildman–Crippen MR) is 104 cm³/mol. The maximum Gasteiger partial charge on any atom is 0.271 e. The van der Waals surface area contributed by atoms with Crippen LogP contribution in [0.25, 0.3) is 10.1 Å². The van der Waals surface area contributed by atoms with Crippen LogP contribution in [-0.4, -0.2) is 53.9 Å². The monoisotopic (exact) mass is 358 g/mol. The fraction of sp³-hybridized carbons (Fsp3) is 0.579. The molecule has 6 heteroatoms. The number of benzene rings is 1. The fourth-order valence-electron chi connectivity index (χ4n) is 4.24. The van der Waals surface area contributed by atoms with Crippen molar-refractivity contribution in [2.45, 2.75) is 32.7 Å². The number of hydrogen-bond acceptors (Lipinski definition) is 5. The van der Waals surface area contributed by atoms with Crippen LogP contribution in [0.1, 0.15) is 37.2 Å². The van der Waals surface area contributed by atoms with Crippen LogP contribution in [0.4, 0.5) is 5.69 Å². The molecule has 2 aromatic rings. The first-order chi connectivity index (χ1) is 12.2. The molecule has 2 bridgehead atoms. The Balaban J connectivity index is 1.54. The Hall–Kier alpha value is -1.66. The summed E-state index contributed by atoms with van der Waals surface area (Å²) in [5.41, 5.74) is 1.79. The highest BCUT2D eigenvalue weighted by molar-refractivity contribution is 7.13. The number of hydrogen-bond donors (Lipinski definition) is 1. The predicted octanol–water partition coefficient (Wildman–Crippen LogP) is 2.97. The van der Waals surface area contributed by atoms with Crippen LogP contribution in [0.2, 0.25) is 0 Å². The summed E-state index contributed by atoms with van der Waals surface area (Å²) >= 11 is 1.42. The summed E-state index contributed by atoms with van der Waals surface area (Å²) in [4.78, 5) is 17.6. The van der Waals surface area contributed by atoms with Gasteiger partial charge in [-0.15, -0.1) is 0 Å². The molecule has 3 aliphatic rings. The van der Waals surface area contributed by atoms with Crippen LogP contribution >= 0.6 is 11.5 Å². The van der Waals surface area contributed by atoms with Crippen LogP contribution in [-0.2, 0) is 0 Å². The molecule has 3 saturated heterocycles. The largest absolute Gasteiger partial charge is 0.372 e. The number of aromatic nitrogens is 1. The first-order valence-electron chi connectivity index (χ1n) is 9.37. The zero-order valence-electron chi connectivity index (χ0n) is 15.0. The van der Waals surface area contributed by atoms with Gasteiger partial charge in [-0.1, -0.05) is 0 Å². The standard InChI is InChI=1S/C19H26N4OS/c1-3-23(4-2)14-5-6-15-17(11-14)25-21-18(15)19(24)20-16-12-22-9-7-13(16)8-10-22/h5-6,11,13,16H,3-4,7-10,12H2,1-2H3,(H,20,24)/t16-/m0/s1. The van der Waals surface area contributed by atoms with Crippen molar-refractivity contribution < 1.29 is 4.79 Å². The molecule has 3 aliphatic heterocycles. The highest BCUT2D eigenvalue weighted by Crippen LogP contribution is 2.30. The molecule has 0 unspecified atom stereocenters. The Morgan fingerprint density at radius 3 is 2.72 bits per heavy atom. The average Bonchev–Trinajstić information content (AvgIpc) is 3.07. The van der Waals surface area contributed by atoms with Gasteiger partial charge in [-0.25, -0.2) is 0 Å². The second-order valence-electron chi connectivity index (χ2n) is 7.10. The number of amides is 1. The zero-order chi connectivity index (χ0) is 17.4. The van der Waals surface area contributed by atoms with Crippen molar-refractivity contribution in [1.82, 2.24) is 14.6 Å². The minimum atomic E-state index is -0.0133. The summed E-state index contributed by atoms with van der Waals surface area (Å²) in [6, 6.07) is 6.60. The van der Waals surface area contributed by atoms with Crippen molar-refractivity contribution >= 4 is 33.2 Å². The van der Waals surface area contributed by atoms with E-state index in [-0.39, 0.29) is 11.9 Å². The molecular formula is C19H26N4OS. The SMILES string of the molecule is CCN(CC)c1ccc2c(C(=O)N[C@H]3CN4CCC3CC4)nsc2c1. The normalized spacial score (nSPS) is 25.3. The van der Waals surface area contributed by atoms with Crippen molar-refractivity contribution in [2.75, 3.05) is 37.6 Å². The molecule has 5 rings (SSSR count). The van der Waals surface area contributed by atoms with E-state index in [1.54, 1.807) is 0 Å². The zero-order valence-corrected chi connectivity index (χ0v) is 15.8. The van der Waals surface area contributed by atoms with Gasteiger partial charge in [0.2, 0.25) is 0 Å². The number of carbonyl (C=O) groups excluding carboxylic acids is 1. The number of piperidine rings is 3. The highest BCUT2D eigenvalue weighted by atomic mass is 32.1. The van der Waals surface area contributed by atoms with Gasteiger partial charge in [0.15, 0.2) is 0 Å². The van der Waals surface area contributed by atoms with Gasteiger partial charge in [0.05, 0.1) is 4.70 Å². The van der Waals surface area contributed by atoms with Crippen LogP contribution in [0.5, 0.6) is 0 Å².